The van der Waals surface area contributed by atoms with Crippen molar-refractivity contribution >= 4 is 6.21 Å². The molecule has 48 valence electrons. The summed E-state index contributed by atoms with van der Waals surface area (Å²) < 4.78 is 0. The molecular weight excluding hydrogens is 98.1 g/mol. The Morgan fingerprint density at radius 3 is 1.62 bits per heavy atom. The molecule has 0 heterocycles. The van der Waals surface area contributed by atoms with E-state index in [1.165, 1.54) is 11.8 Å². The molecule has 1 heteroatoms. The van der Waals surface area contributed by atoms with E-state index in [1.807, 2.05) is 27.7 Å². The quantitative estimate of drug-likeness (QED) is 0.505. The average molecular weight is 113 g/mol. The Kier molecular flexibility index (Phi) is 12.5. The molecule has 0 saturated heterocycles. The van der Waals surface area contributed by atoms with Gasteiger partial charge in [0.05, 0.1) is 0 Å². The van der Waals surface area contributed by atoms with Crippen LogP contribution in [0.4, 0.5) is 0 Å². The molecule has 0 atom stereocenters. The van der Waals surface area contributed by atoms with Crippen LogP contribution in [0.2, 0.25) is 0 Å². The molecule has 0 bridgehead atoms. The van der Waals surface area contributed by atoms with E-state index in [-0.39, 0.29) is 0 Å². The maximum atomic E-state index is 6.53. The Hall–Kier alpha value is -0.590. The molecule has 8 heavy (non-hydrogen) atoms. The van der Waals surface area contributed by atoms with Gasteiger partial charge in [0.2, 0.25) is 0 Å². The minimum atomic E-state index is 1.17. The van der Waals surface area contributed by atoms with Crippen LogP contribution in [0.1, 0.15) is 27.7 Å². The molecule has 0 fully saturated rings. The molecule has 0 rings (SSSR count). The molecule has 0 aliphatic heterocycles. The zero-order chi connectivity index (χ0) is 6.99. The lowest BCUT2D eigenvalue weighted by molar-refractivity contribution is 1.40. The summed E-state index contributed by atoms with van der Waals surface area (Å²) in [5.74, 6) is 0. The summed E-state index contributed by atoms with van der Waals surface area (Å²) in [5.41, 5.74) is 1.17. The third-order valence-corrected chi connectivity index (χ3v) is 0.417. The van der Waals surface area contributed by atoms with Gasteiger partial charge in [-0.15, -0.1) is 0 Å². The van der Waals surface area contributed by atoms with E-state index in [9.17, 15) is 0 Å². The van der Waals surface area contributed by atoms with Crippen LogP contribution in [0.3, 0.4) is 0 Å². The Morgan fingerprint density at radius 2 is 1.62 bits per heavy atom. The molecule has 0 unspecified atom stereocenters. The second-order valence-corrected chi connectivity index (χ2v) is 1.41. The van der Waals surface area contributed by atoms with Crippen molar-refractivity contribution < 1.29 is 0 Å². The summed E-state index contributed by atoms with van der Waals surface area (Å²) in [7, 11) is 0. The third kappa shape index (κ3) is 18.1. The van der Waals surface area contributed by atoms with Crippen LogP contribution in [0, 0.1) is 5.41 Å². The zero-order valence-corrected chi connectivity index (χ0v) is 6.15. The Labute approximate surface area is 51.9 Å². The van der Waals surface area contributed by atoms with Gasteiger partial charge in [-0.2, -0.15) is 0 Å². The molecule has 0 aromatic rings. The van der Waals surface area contributed by atoms with E-state index in [0.717, 1.165) is 0 Å². The molecule has 0 spiro atoms. The lowest BCUT2D eigenvalue weighted by Crippen LogP contribution is -1.61. The minimum Gasteiger partial charge on any atom is -0.309 e. The van der Waals surface area contributed by atoms with E-state index >= 15 is 0 Å². The highest BCUT2D eigenvalue weighted by Crippen LogP contribution is 1.81. The molecule has 0 aliphatic carbocycles. The minimum absolute atomic E-state index is 1.17. The first-order valence-electron chi connectivity index (χ1n) is 2.91. The first kappa shape index (κ1) is 10.4. The lowest BCUT2D eigenvalue weighted by atomic mass is 10.3. The number of hydrogen-bond acceptors (Lipinski definition) is 1. The van der Waals surface area contributed by atoms with Crippen molar-refractivity contribution in [2.24, 2.45) is 0 Å². The summed E-state index contributed by atoms with van der Waals surface area (Å²) in [6.07, 6.45) is 3.04. The van der Waals surface area contributed by atoms with Gasteiger partial charge < -0.3 is 5.41 Å². The predicted octanol–water partition coefficient (Wildman–Crippen LogP) is 2.63. The van der Waals surface area contributed by atoms with E-state index in [4.69, 9.17) is 5.41 Å². The van der Waals surface area contributed by atoms with Gasteiger partial charge in [-0.05, 0) is 19.9 Å². The van der Waals surface area contributed by atoms with Gasteiger partial charge >= 0.3 is 0 Å². The van der Waals surface area contributed by atoms with E-state index in [0.29, 0.717) is 0 Å². The number of allylic oxidation sites excluding steroid dienone is 2. The molecule has 0 amide bonds. The van der Waals surface area contributed by atoms with Gasteiger partial charge in [-0.1, -0.05) is 19.4 Å². The Balaban J connectivity index is 0. The van der Waals surface area contributed by atoms with Crippen LogP contribution in [-0.2, 0) is 0 Å². The maximum absolute atomic E-state index is 6.53. The fraction of sp³-hybridized carbons (Fsp3) is 0.571. The SMILES string of the molecule is CC.CC(C)=CC=N. The number of hydrogen-bond donors (Lipinski definition) is 1. The van der Waals surface area contributed by atoms with E-state index < -0.39 is 0 Å². The van der Waals surface area contributed by atoms with Crippen molar-refractivity contribution in [2.45, 2.75) is 27.7 Å². The van der Waals surface area contributed by atoms with Crippen molar-refractivity contribution in [3.63, 3.8) is 0 Å². The van der Waals surface area contributed by atoms with Crippen molar-refractivity contribution in [1.82, 2.24) is 0 Å². The third-order valence-electron chi connectivity index (χ3n) is 0.417. The molecule has 0 radical (unpaired) electrons. The average Bonchev–Trinajstić information content (AvgIpc) is 1.72. The molecule has 0 aliphatic rings. The first-order valence-corrected chi connectivity index (χ1v) is 2.91. The number of rotatable bonds is 1. The second kappa shape index (κ2) is 9.65. The van der Waals surface area contributed by atoms with Gasteiger partial charge in [-0.3, -0.25) is 0 Å². The van der Waals surface area contributed by atoms with Crippen molar-refractivity contribution in [3.05, 3.63) is 11.6 Å². The normalized spacial score (nSPS) is 6.00. The summed E-state index contributed by atoms with van der Waals surface area (Å²) >= 11 is 0. The second-order valence-electron chi connectivity index (χ2n) is 1.41. The van der Waals surface area contributed by atoms with Crippen LogP contribution in [0.15, 0.2) is 11.6 Å². The van der Waals surface area contributed by atoms with Crippen LogP contribution in [0.25, 0.3) is 0 Å². The standard InChI is InChI=1S/C5H9N.C2H6/c1-5(2)3-4-6;1-2/h3-4,6H,1-2H3;1-2H3. The number of nitrogens with one attached hydrogen (secondary N) is 1. The van der Waals surface area contributed by atoms with Gasteiger partial charge in [0.1, 0.15) is 0 Å². The van der Waals surface area contributed by atoms with Crippen molar-refractivity contribution in [3.8, 4) is 0 Å². The molecule has 0 aromatic carbocycles. The molecular formula is C7H15N. The van der Waals surface area contributed by atoms with E-state index in [1.54, 1.807) is 6.08 Å². The van der Waals surface area contributed by atoms with Crippen LogP contribution < -0.4 is 0 Å². The fourth-order valence-electron chi connectivity index (χ4n) is 0.167. The Bertz CT molecular complexity index is 68.5. The summed E-state index contributed by atoms with van der Waals surface area (Å²) in [4.78, 5) is 0. The summed E-state index contributed by atoms with van der Waals surface area (Å²) in [5, 5.41) is 6.53. The summed E-state index contributed by atoms with van der Waals surface area (Å²) in [6, 6.07) is 0. The Morgan fingerprint density at radius 1 is 1.25 bits per heavy atom. The van der Waals surface area contributed by atoms with Crippen LogP contribution in [-0.4, -0.2) is 6.21 Å². The highest BCUT2D eigenvalue weighted by Gasteiger charge is 1.64. The largest absolute Gasteiger partial charge is 0.309 e. The van der Waals surface area contributed by atoms with Crippen LogP contribution >= 0.6 is 0 Å². The van der Waals surface area contributed by atoms with Gasteiger partial charge in [0.25, 0.3) is 0 Å². The molecule has 0 saturated carbocycles. The molecule has 0 aromatic heterocycles. The molecule has 1 nitrogen and oxygen atoms in total. The highest BCUT2D eigenvalue weighted by molar-refractivity contribution is 5.68. The molecule has 1 N–H and O–H groups in total. The monoisotopic (exact) mass is 113 g/mol. The first-order chi connectivity index (χ1) is 3.77. The highest BCUT2D eigenvalue weighted by atomic mass is 14.3. The fourth-order valence-corrected chi connectivity index (χ4v) is 0.167. The zero-order valence-electron chi connectivity index (χ0n) is 6.15. The lowest BCUT2D eigenvalue weighted by Gasteiger charge is -1.75. The smallest absolute Gasteiger partial charge is 0.0177 e. The van der Waals surface area contributed by atoms with Gasteiger partial charge in [0, 0.05) is 6.21 Å². The van der Waals surface area contributed by atoms with Gasteiger partial charge in [0.15, 0.2) is 0 Å². The van der Waals surface area contributed by atoms with Gasteiger partial charge in [-0.25, -0.2) is 0 Å². The summed E-state index contributed by atoms with van der Waals surface area (Å²) in [6.45, 7) is 7.93. The van der Waals surface area contributed by atoms with Crippen molar-refractivity contribution in [1.29, 1.82) is 5.41 Å². The van der Waals surface area contributed by atoms with Crippen LogP contribution in [0.5, 0.6) is 0 Å². The van der Waals surface area contributed by atoms with Crippen molar-refractivity contribution in [2.75, 3.05) is 0 Å². The topological polar surface area (TPSA) is 23.9 Å². The predicted molar refractivity (Wildman–Crippen MR) is 39.6 cm³/mol. The van der Waals surface area contributed by atoms with E-state index in [2.05, 4.69) is 0 Å². The maximum Gasteiger partial charge on any atom is 0.0177 e.